The molecule has 3 rings (SSSR count). The van der Waals surface area contributed by atoms with E-state index in [1.54, 1.807) is 31.8 Å². The minimum absolute atomic E-state index is 0.241. The van der Waals surface area contributed by atoms with Gasteiger partial charge in [-0.2, -0.15) is 5.10 Å². The zero-order chi connectivity index (χ0) is 16.8. The van der Waals surface area contributed by atoms with Gasteiger partial charge >= 0.3 is 0 Å². The SMILES string of the molecule is Cc1nn(C)c(C)c1S(=O)(=O)N[C@H]1CCO[C@@H]1c1nccn1C. The van der Waals surface area contributed by atoms with Gasteiger partial charge in [-0.05, 0) is 20.3 Å². The summed E-state index contributed by atoms with van der Waals surface area (Å²) in [5.41, 5.74) is 1.10. The van der Waals surface area contributed by atoms with Crippen LogP contribution in [0.25, 0.3) is 0 Å². The van der Waals surface area contributed by atoms with Gasteiger partial charge in [0.05, 0.1) is 17.4 Å². The second-order valence-electron chi connectivity index (χ2n) is 5.83. The highest BCUT2D eigenvalue weighted by atomic mass is 32.2. The van der Waals surface area contributed by atoms with Crippen LogP contribution in [-0.4, -0.2) is 40.4 Å². The highest BCUT2D eigenvalue weighted by molar-refractivity contribution is 7.89. The quantitative estimate of drug-likeness (QED) is 0.880. The number of hydrogen-bond acceptors (Lipinski definition) is 5. The average Bonchev–Trinajstić information content (AvgIpc) is 3.11. The van der Waals surface area contributed by atoms with Crippen LogP contribution in [0.1, 0.15) is 29.7 Å². The molecule has 9 heteroatoms. The summed E-state index contributed by atoms with van der Waals surface area (Å²) in [6, 6.07) is -0.347. The molecule has 3 heterocycles. The first-order valence-electron chi connectivity index (χ1n) is 7.42. The standard InChI is InChI=1S/C14H21N5O3S/c1-9-13(10(2)19(4)16-9)23(20,21)17-11-5-8-22-12(11)14-15-6-7-18(14)3/h6-7,11-12,17H,5,8H2,1-4H3/t11-,12-/m0/s1. The number of hydrogen-bond donors (Lipinski definition) is 1. The van der Waals surface area contributed by atoms with Crippen molar-refractivity contribution in [1.29, 1.82) is 0 Å². The molecular weight excluding hydrogens is 318 g/mol. The lowest BCUT2D eigenvalue weighted by molar-refractivity contribution is 0.0932. The minimum atomic E-state index is -3.67. The van der Waals surface area contributed by atoms with E-state index in [-0.39, 0.29) is 17.0 Å². The summed E-state index contributed by atoms with van der Waals surface area (Å²) in [6.45, 7) is 3.94. The molecule has 2 aromatic rings. The third-order valence-corrected chi connectivity index (χ3v) is 5.96. The van der Waals surface area contributed by atoms with Gasteiger partial charge in [0.2, 0.25) is 10.0 Å². The van der Waals surface area contributed by atoms with Crippen molar-refractivity contribution >= 4 is 10.0 Å². The highest BCUT2D eigenvalue weighted by Gasteiger charge is 2.37. The molecule has 1 fully saturated rings. The van der Waals surface area contributed by atoms with E-state index >= 15 is 0 Å². The molecule has 2 aromatic heterocycles. The van der Waals surface area contributed by atoms with Crippen molar-refractivity contribution in [3.63, 3.8) is 0 Å². The van der Waals surface area contributed by atoms with E-state index < -0.39 is 10.0 Å². The summed E-state index contributed by atoms with van der Waals surface area (Å²) in [4.78, 5) is 4.52. The second-order valence-corrected chi connectivity index (χ2v) is 7.48. The maximum Gasteiger partial charge on any atom is 0.244 e. The van der Waals surface area contributed by atoms with E-state index in [0.29, 0.717) is 24.4 Å². The Morgan fingerprint density at radius 1 is 1.35 bits per heavy atom. The number of nitrogens with zero attached hydrogens (tertiary/aromatic N) is 4. The number of imidazole rings is 1. The van der Waals surface area contributed by atoms with Crippen molar-refractivity contribution in [1.82, 2.24) is 24.1 Å². The van der Waals surface area contributed by atoms with E-state index in [2.05, 4.69) is 14.8 Å². The van der Waals surface area contributed by atoms with Crippen LogP contribution in [0.2, 0.25) is 0 Å². The molecule has 1 aliphatic rings. The molecule has 126 valence electrons. The van der Waals surface area contributed by atoms with Crippen LogP contribution in [0.4, 0.5) is 0 Å². The largest absolute Gasteiger partial charge is 0.369 e. The molecule has 2 atom stereocenters. The van der Waals surface area contributed by atoms with Crippen LogP contribution in [-0.2, 0) is 28.9 Å². The molecule has 0 unspecified atom stereocenters. The van der Waals surface area contributed by atoms with Crippen LogP contribution >= 0.6 is 0 Å². The van der Waals surface area contributed by atoms with E-state index in [4.69, 9.17) is 4.74 Å². The maximum atomic E-state index is 12.8. The van der Waals surface area contributed by atoms with Gasteiger partial charge in [-0.3, -0.25) is 4.68 Å². The Morgan fingerprint density at radius 2 is 2.09 bits per heavy atom. The number of ether oxygens (including phenoxy) is 1. The molecular formula is C14H21N5O3S. The smallest absolute Gasteiger partial charge is 0.244 e. The van der Waals surface area contributed by atoms with E-state index in [1.165, 1.54) is 0 Å². The van der Waals surface area contributed by atoms with E-state index in [9.17, 15) is 8.42 Å². The normalized spacial score (nSPS) is 21.9. The highest BCUT2D eigenvalue weighted by Crippen LogP contribution is 2.29. The van der Waals surface area contributed by atoms with Crippen LogP contribution in [0.5, 0.6) is 0 Å². The van der Waals surface area contributed by atoms with Gasteiger partial charge in [0, 0.05) is 33.1 Å². The first-order valence-corrected chi connectivity index (χ1v) is 8.91. The van der Waals surface area contributed by atoms with Crippen molar-refractivity contribution in [2.24, 2.45) is 14.1 Å². The fraction of sp³-hybridized carbons (Fsp3) is 0.571. The van der Waals surface area contributed by atoms with Gasteiger partial charge in [-0.25, -0.2) is 18.1 Å². The summed E-state index contributed by atoms with van der Waals surface area (Å²) in [6.07, 6.45) is 3.72. The first-order chi connectivity index (χ1) is 10.8. The average molecular weight is 339 g/mol. The molecule has 0 aliphatic carbocycles. The first kappa shape index (κ1) is 16.2. The lowest BCUT2D eigenvalue weighted by Gasteiger charge is -2.19. The fourth-order valence-corrected chi connectivity index (χ4v) is 4.73. The molecule has 0 aromatic carbocycles. The molecule has 0 radical (unpaired) electrons. The number of aryl methyl sites for hydroxylation is 3. The van der Waals surface area contributed by atoms with Gasteiger partial charge in [0.25, 0.3) is 0 Å². The molecule has 8 nitrogen and oxygen atoms in total. The van der Waals surface area contributed by atoms with E-state index in [1.807, 2.05) is 17.8 Å². The van der Waals surface area contributed by atoms with Gasteiger partial charge in [-0.1, -0.05) is 0 Å². The lowest BCUT2D eigenvalue weighted by Crippen LogP contribution is -2.38. The number of aromatic nitrogens is 4. The van der Waals surface area contributed by atoms with Crippen molar-refractivity contribution < 1.29 is 13.2 Å². The van der Waals surface area contributed by atoms with Crippen molar-refractivity contribution in [3.05, 3.63) is 29.6 Å². The number of nitrogens with one attached hydrogen (secondary N) is 1. The third-order valence-electron chi connectivity index (χ3n) is 4.22. The van der Waals surface area contributed by atoms with Crippen molar-refractivity contribution in [2.75, 3.05) is 6.61 Å². The van der Waals surface area contributed by atoms with Crippen molar-refractivity contribution in [3.8, 4) is 0 Å². The Balaban J connectivity index is 1.90. The molecule has 0 bridgehead atoms. The summed E-state index contributed by atoms with van der Waals surface area (Å²) in [5.74, 6) is 0.717. The topological polar surface area (TPSA) is 91.0 Å². The Labute approximate surface area is 135 Å². The van der Waals surface area contributed by atoms with Gasteiger partial charge < -0.3 is 9.30 Å². The van der Waals surface area contributed by atoms with Crippen LogP contribution in [0.3, 0.4) is 0 Å². The van der Waals surface area contributed by atoms with Gasteiger partial charge in [-0.15, -0.1) is 0 Å². The number of sulfonamides is 1. The Morgan fingerprint density at radius 3 is 2.65 bits per heavy atom. The third kappa shape index (κ3) is 2.79. The molecule has 1 N–H and O–H groups in total. The van der Waals surface area contributed by atoms with Crippen LogP contribution in [0, 0.1) is 13.8 Å². The maximum absolute atomic E-state index is 12.8. The van der Waals surface area contributed by atoms with Crippen molar-refractivity contribution in [2.45, 2.75) is 37.3 Å². The summed E-state index contributed by atoms with van der Waals surface area (Å²) < 4.78 is 37.5. The summed E-state index contributed by atoms with van der Waals surface area (Å²) in [7, 11) is -0.0725. The second kappa shape index (κ2) is 5.73. The predicted octanol–water partition coefficient (Wildman–Crippen LogP) is 0.579. The molecule has 23 heavy (non-hydrogen) atoms. The van der Waals surface area contributed by atoms with Gasteiger partial charge in [0.1, 0.15) is 16.8 Å². The summed E-state index contributed by atoms with van der Waals surface area (Å²) >= 11 is 0. The zero-order valence-electron chi connectivity index (χ0n) is 13.6. The van der Waals surface area contributed by atoms with Crippen LogP contribution < -0.4 is 4.72 Å². The molecule has 1 aliphatic heterocycles. The van der Waals surface area contributed by atoms with Gasteiger partial charge in [0.15, 0.2) is 0 Å². The van der Waals surface area contributed by atoms with Crippen LogP contribution in [0.15, 0.2) is 17.3 Å². The number of rotatable bonds is 4. The van der Waals surface area contributed by atoms with E-state index in [0.717, 1.165) is 5.82 Å². The molecule has 0 saturated carbocycles. The molecule has 0 spiro atoms. The fourth-order valence-electron chi connectivity index (χ4n) is 3.02. The Bertz CT molecular complexity index is 824. The monoisotopic (exact) mass is 339 g/mol. The lowest BCUT2D eigenvalue weighted by atomic mass is 10.1. The minimum Gasteiger partial charge on any atom is -0.369 e. The molecule has 0 amide bonds. The predicted molar refractivity (Wildman–Crippen MR) is 83.3 cm³/mol. The Kier molecular flexibility index (Phi) is 4.03. The Hall–Kier alpha value is -1.71. The summed E-state index contributed by atoms with van der Waals surface area (Å²) in [5, 5.41) is 4.18. The zero-order valence-corrected chi connectivity index (χ0v) is 14.5. The molecule has 1 saturated heterocycles.